The maximum absolute atomic E-state index is 12.4. The van der Waals surface area contributed by atoms with Gasteiger partial charge in [-0.2, -0.15) is 0 Å². The maximum Gasteiger partial charge on any atom is 0.338 e. The molecule has 0 fully saturated rings. The number of aromatic nitrogens is 1. The van der Waals surface area contributed by atoms with Crippen LogP contribution < -0.4 is 10.1 Å². The third kappa shape index (κ3) is 4.45. The Balaban J connectivity index is 1.70. The predicted octanol–water partition coefficient (Wildman–Crippen LogP) is 4.54. The molecule has 3 rings (SSSR count). The number of hydrogen-bond donors (Lipinski definition) is 1. The molecule has 0 atom stereocenters. The Hall–Kier alpha value is -2.45. The van der Waals surface area contributed by atoms with E-state index in [1.54, 1.807) is 50.4 Å². The molecule has 2 aromatic carbocycles. The summed E-state index contributed by atoms with van der Waals surface area (Å²) in [6.45, 7) is 2.21. The quantitative estimate of drug-likeness (QED) is 0.422. The molecule has 140 valence electrons. The van der Waals surface area contributed by atoms with Crippen molar-refractivity contribution < 1.29 is 19.1 Å². The summed E-state index contributed by atoms with van der Waals surface area (Å²) in [6, 6.07) is 10.4. The smallest absolute Gasteiger partial charge is 0.338 e. The second-order valence-corrected chi connectivity index (χ2v) is 7.43. The minimum absolute atomic E-state index is 0.0650. The van der Waals surface area contributed by atoms with Crippen LogP contribution in [0.5, 0.6) is 5.75 Å². The zero-order valence-corrected chi connectivity index (χ0v) is 17.1. The molecule has 0 unspecified atom stereocenters. The topological polar surface area (TPSA) is 77.5 Å². The minimum atomic E-state index is -0.359. The van der Waals surface area contributed by atoms with Gasteiger partial charge in [-0.1, -0.05) is 11.3 Å². The van der Waals surface area contributed by atoms with Crippen LogP contribution in [0.15, 0.2) is 40.9 Å². The molecule has 0 bridgehead atoms. The van der Waals surface area contributed by atoms with Gasteiger partial charge in [-0.25, -0.2) is 9.78 Å². The van der Waals surface area contributed by atoms with Crippen LogP contribution in [0, 0.1) is 0 Å². The minimum Gasteiger partial charge on any atom is -0.496 e. The Bertz CT molecular complexity index is 1000. The monoisotopic (exact) mass is 448 g/mol. The second kappa shape index (κ2) is 8.49. The van der Waals surface area contributed by atoms with Crippen LogP contribution in [0.2, 0.25) is 0 Å². The number of ketones is 1. The van der Waals surface area contributed by atoms with Crippen LogP contribution in [0.3, 0.4) is 0 Å². The Morgan fingerprint density at radius 3 is 2.67 bits per heavy atom. The number of halogens is 1. The van der Waals surface area contributed by atoms with Crippen LogP contribution in [-0.2, 0) is 4.74 Å². The Morgan fingerprint density at radius 2 is 1.96 bits per heavy atom. The number of ether oxygens (including phenoxy) is 2. The molecular formula is C19H17BrN2O4S. The van der Waals surface area contributed by atoms with Crippen molar-refractivity contribution in [2.45, 2.75) is 6.92 Å². The Kier molecular flexibility index (Phi) is 6.08. The molecule has 0 saturated carbocycles. The molecule has 0 radical (unpaired) electrons. The first-order valence-electron chi connectivity index (χ1n) is 8.20. The highest BCUT2D eigenvalue weighted by molar-refractivity contribution is 9.10. The molecule has 1 N–H and O–H groups in total. The molecule has 0 saturated heterocycles. The van der Waals surface area contributed by atoms with Crippen LogP contribution >= 0.6 is 27.3 Å². The molecule has 8 heteroatoms. The predicted molar refractivity (Wildman–Crippen MR) is 109 cm³/mol. The fourth-order valence-electron chi connectivity index (χ4n) is 2.44. The van der Waals surface area contributed by atoms with E-state index in [2.05, 4.69) is 26.2 Å². The van der Waals surface area contributed by atoms with Gasteiger partial charge in [-0.3, -0.25) is 4.79 Å². The number of nitrogens with zero attached hydrogens (tertiary/aromatic N) is 1. The van der Waals surface area contributed by atoms with E-state index < -0.39 is 0 Å². The normalized spacial score (nSPS) is 10.6. The summed E-state index contributed by atoms with van der Waals surface area (Å²) < 4.78 is 11.8. The molecule has 1 aromatic heterocycles. The van der Waals surface area contributed by atoms with Gasteiger partial charge in [0.2, 0.25) is 0 Å². The summed E-state index contributed by atoms with van der Waals surface area (Å²) in [5.74, 6) is 0.246. The van der Waals surface area contributed by atoms with Gasteiger partial charge in [-0.05, 0) is 59.3 Å². The van der Waals surface area contributed by atoms with Crippen LogP contribution in [0.25, 0.3) is 10.2 Å². The summed E-state index contributed by atoms with van der Waals surface area (Å²) in [4.78, 5) is 28.7. The summed E-state index contributed by atoms with van der Waals surface area (Å²) in [5, 5.41) is 3.67. The van der Waals surface area contributed by atoms with E-state index in [1.165, 1.54) is 11.3 Å². The Labute approximate surface area is 168 Å². The van der Waals surface area contributed by atoms with Crippen molar-refractivity contribution in [1.29, 1.82) is 0 Å². The molecule has 0 aliphatic carbocycles. The molecule has 6 nitrogen and oxygen atoms in total. The van der Waals surface area contributed by atoms with Gasteiger partial charge in [0, 0.05) is 5.56 Å². The van der Waals surface area contributed by atoms with Crippen molar-refractivity contribution in [3.63, 3.8) is 0 Å². The number of anilines is 1. The lowest BCUT2D eigenvalue weighted by Gasteiger charge is -2.06. The second-order valence-electron chi connectivity index (χ2n) is 5.55. The van der Waals surface area contributed by atoms with E-state index in [-0.39, 0.29) is 18.3 Å². The van der Waals surface area contributed by atoms with Crippen LogP contribution in [-0.4, -0.2) is 37.0 Å². The molecule has 3 aromatic rings. The lowest BCUT2D eigenvalue weighted by Crippen LogP contribution is -2.13. The number of carbonyl (C=O) groups is 2. The molecule has 0 spiro atoms. The van der Waals surface area contributed by atoms with E-state index in [0.29, 0.717) is 28.6 Å². The zero-order chi connectivity index (χ0) is 19.4. The number of fused-ring (bicyclic) bond motifs is 1. The van der Waals surface area contributed by atoms with Crippen molar-refractivity contribution in [2.24, 2.45) is 0 Å². The molecular weight excluding hydrogens is 432 g/mol. The molecule has 0 amide bonds. The van der Waals surface area contributed by atoms with Gasteiger partial charge in [0.15, 0.2) is 10.9 Å². The van der Waals surface area contributed by atoms with E-state index in [1.807, 2.05) is 0 Å². The zero-order valence-electron chi connectivity index (χ0n) is 14.7. The number of nitrogens with one attached hydrogen (secondary N) is 1. The highest BCUT2D eigenvalue weighted by Gasteiger charge is 2.12. The van der Waals surface area contributed by atoms with Gasteiger partial charge in [0.25, 0.3) is 0 Å². The number of esters is 1. The van der Waals surface area contributed by atoms with Gasteiger partial charge >= 0.3 is 5.97 Å². The number of thiazole rings is 1. The largest absolute Gasteiger partial charge is 0.496 e. The molecule has 1 heterocycles. The van der Waals surface area contributed by atoms with Gasteiger partial charge in [0.05, 0.1) is 40.5 Å². The first-order valence-corrected chi connectivity index (χ1v) is 9.81. The fourth-order valence-corrected chi connectivity index (χ4v) is 3.88. The van der Waals surface area contributed by atoms with Crippen LogP contribution in [0.1, 0.15) is 27.6 Å². The lowest BCUT2D eigenvalue weighted by atomic mass is 10.1. The number of rotatable bonds is 7. The Morgan fingerprint density at radius 1 is 1.19 bits per heavy atom. The SMILES string of the molecule is CCOC(=O)c1ccc2nc(NCC(=O)c3ccc(OC)c(Br)c3)sc2c1. The van der Waals surface area contributed by atoms with E-state index >= 15 is 0 Å². The average molecular weight is 449 g/mol. The van der Waals surface area contributed by atoms with E-state index in [4.69, 9.17) is 9.47 Å². The average Bonchev–Trinajstić information content (AvgIpc) is 3.08. The third-order valence-corrected chi connectivity index (χ3v) is 5.37. The standard InChI is InChI=1S/C19H17BrN2O4S/c1-3-26-18(24)12-4-6-14-17(9-12)27-19(22-14)21-10-15(23)11-5-7-16(25-2)13(20)8-11/h4-9H,3,10H2,1-2H3,(H,21,22). The van der Waals surface area contributed by atoms with Gasteiger partial charge in [-0.15, -0.1) is 0 Å². The van der Waals surface area contributed by atoms with Gasteiger partial charge in [0.1, 0.15) is 5.75 Å². The summed E-state index contributed by atoms with van der Waals surface area (Å²) >= 11 is 4.76. The van der Waals surface area contributed by atoms with Crippen molar-refractivity contribution in [1.82, 2.24) is 4.98 Å². The molecule has 0 aliphatic rings. The highest BCUT2D eigenvalue weighted by Crippen LogP contribution is 2.28. The van der Waals surface area contributed by atoms with Crippen molar-refractivity contribution in [3.05, 3.63) is 52.0 Å². The van der Waals surface area contributed by atoms with Crippen molar-refractivity contribution in [2.75, 3.05) is 25.6 Å². The number of methoxy groups -OCH3 is 1. The number of Topliss-reactive ketones (excluding diaryl/α,β-unsaturated/α-hetero) is 1. The first kappa shape index (κ1) is 19.3. The van der Waals surface area contributed by atoms with Crippen molar-refractivity contribution >= 4 is 54.4 Å². The molecule has 0 aliphatic heterocycles. The van der Waals surface area contributed by atoms with Gasteiger partial charge < -0.3 is 14.8 Å². The summed E-state index contributed by atoms with van der Waals surface area (Å²) in [6.07, 6.45) is 0. The third-order valence-electron chi connectivity index (χ3n) is 3.77. The molecule has 27 heavy (non-hydrogen) atoms. The highest BCUT2D eigenvalue weighted by atomic mass is 79.9. The van der Waals surface area contributed by atoms with Crippen molar-refractivity contribution in [3.8, 4) is 5.75 Å². The van der Waals surface area contributed by atoms with E-state index in [9.17, 15) is 9.59 Å². The van der Waals surface area contributed by atoms with Crippen LogP contribution in [0.4, 0.5) is 5.13 Å². The number of hydrogen-bond acceptors (Lipinski definition) is 7. The summed E-state index contributed by atoms with van der Waals surface area (Å²) in [7, 11) is 1.57. The number of carbonyl (C=O) groups excluding carboxylic acids is 2. The first-order chi connectivity index (χ1) is 13.0. The summed E-state index contributed by atoms with van der Waals surface area (Å²) in [5.41, 5.74) is 1.81. The lowest BCUT2D eigenvalue weighted by molar-refractivity contribution is 0.0526. The fraction of sp³-hybridized carbons (Fsp3) is 0.211. The number of benzene rings is 2. The maximum atomic E-state index is 12.4. The van der Waals surface area contributed by atoms with E-state index in [0.717, 1.165) is 14.7 Å².